The second kappa shape index (κ2) is 8.84. The van der Waals surface area contributed by atoms with Crippen molar-refractivity contribution in [3.63, 3.8) is 0 Å². The third-order valence-electron chi connectivity index (χ3n) is 2.75. The van der Waals surface area contributed by atoms with Gasteiger partial charge in [-0.05, 0) is 24.5 Å². The Morgan fingerprint density at radius 3 is 2.53 bits per heavy atom. The summed E-state index contributed by atoms with van der Waals surface area (Å²) in [5, 5.41) is 3.59. The van der Waals surface area contributed by atoms with Crippen LogP contribution in [0.25, 0.3) is 0 Å². The molecule has 0 fully saturated rings. The molecule has 0 spiro atoms. The molecule has 0 aliphatic carbocycles. The third-order valence-corrected chi connectivity index (χ3v) is 3.98. The van der Waals surface area contributed by atoms with Crippen LogP contribution < -0.4 is 5.32 Å². The predicted molar refractivity (Wildman–Crippen MR) is 79.1 cm³/mol. The van der Waals surface area contributed by atoms with Crippen molar-refractivity contribution >= 4 is 23.4 Å². The SMILES string of the molecule is CC(C)C(CCCl)NCCSc1ccccc1. The van der Waals surface area contributed by atoms with E-state index >= 15 is 0 Å². The van der Waals surface area contributed by atoms with Gasteiger partial charge in [-0.1, -0.05) is 32.0 Å². The number of alkyl halides is 1. The lowest BCUT2D eigenvalue weighted by Gasteiger charge is -2.21. The van der Waals surface area contributed by atoms with Crippen molar-refractivity contribution in [2.45, 2.75) is 31.2 Å². The number of nitrogens with one attached hydrogen (secondary N) is 1. The summed E-state index contributed by atoms with van der Waals surface area (Å²) >= 11 is 7.70. The normalized spacial score (nSPS) is 12.9. The summed E-state index contributed by atoms with van der Waals surface area (Å²) in [4.78, 5) is 1.34. The van der Waals surface area contributed by atoms with Gasteiger partial charge in [0.25, 0.3) is 0 Å². The van der Waals surface area contributed by atoms with E-state index in [-0.39, 0.29) is 0 Å². The molecule has 96 valence electrons. The van der Waals surface area contributed by atoms with Gasteiger partial charge in [0.05, 0.1) is 0 Å². The van der Waals surface area contributed by atoms with Crippen LogP contribution in [-0.2, 0) is 0 Å². The lowest BCUT2D eigenvalue weighted by atomic mass is 10.0. The average Bonchev–Trinajstić information content (AvgIpc) is 2.34. The van der Waals surface area contributed by atoms with Crippen molar-refractivity contribution in [1.29, 1.82) is 0 Å². The van der Waals surface area contributed by atoms with Gasteiger partial charge in [0.15, 0.2) is 0 Å². The van der Waals surface area contributed by atoms with Crippen LogP contribution in [0.5, 0.6) is 0 Å². The first-order chi connectivity index (χ1) is 8.24. The minimum absolute atomic E-state index is 0.545. The van der Waals surface area contributed by atoms with E-state index in [1.807, 2.05) is 11.8 Å². The van der Waals surface area contributed by atoms with Crippen molar-refractivity contribution in [3.05, 3.63) is 30.3 Å². The monoisotopic (exact) mass is 271 g/mol. The molecule has 0 saturated carbocycles. The first-order valence-electron chi connectivity index (χ1n) is 6.21. The number of rotatable bonds is 8. The zero-order valence-electron chi connectivity index (χ0n) is 10.7. The highest BCUT2D eigenvalue weighted by Crippen LogP contribution is 2.16. The zero-order valence-corrected chi connectivity index (χ0v) is 12.2. The topological polar surface area (TPSA) is 12.0 Å². The van der Waals surface area contributed by atoms with Crippen molar-refractivity contribution in [1.82, 2.24) is 5.32 Å². The molecule has 1 rings (SSSR count). The molecule has 0 bridgehead atoms. The molecule has 0 radical (unpaired) electrons. The summed E-state index contributed by atoms with van der Waals surface area (Å²) in [6.07, 6.45) is 1.05. The third kappa shape index (κ3) is 6.35. The summed E-state index contributed by atoms with van der Waals surface area (Å²) in [5.41, 5.74) is 0. The summed E-state index contributed by atoms with van der Waals surface area (Å²) in [5.74, 6) is 2.49. The van der Waals surface area contributed by atoms with E-state index in [1.165, 1.54) is 4.90 Å². The maximum Gasteiger partial charge on any atom is 0.0238 e. The molecule has 0 heterocycles. The van der Waals surface area contributed by atoms with Crippen molar-refractivity contribution < 1.29 is 0 Å². The van der Waals surface area contributed by atoms with E-state index in [4.69, 9.17) is 11.6 Å². The Morgan fingerprint density at radius 1 is 1.24 bits per heavy atom. The lowest BCUT2D eigenvalue weighted by molar-refractivity contribution is 0.400. The van der Waals surface area contributed by atoms with Crippen LogP contribution in [0.2, 0.25) is 0 Å². The Bertz CT molecular complexity index is 290. The van der Waals surface area contributed by atoms with E-state index in [0.29, 0.717) is 12.0 Å². The van der Waals surface area contributed by atoms with Crippen molar-refractivity contribution in [2.75, 3.05) is 18.2 Å². The summed E-state index contributed by atoms with van der Waals surface area (Å²) in [7, 11) is 0. The molecule has 1 unspecified atom stereocenters. The van der Waals surface area contributed by atoms with Crippen molar-refractivity contribution in [3.8, 4) is 0 Å². The van der Waals surface area contributed by atoms with Gasteiger partial charge < -0.3 is 5.32 Å². The Hall–Kier alpha value is -0.180. The molecule has 3 heteroatoms. The number of benzene rings is 1. The maximum atomic E-state index is 5.80. The van der Waals surface area contributed by atoms with Gasteiger partial charge in [-0.15, -0.1) is 23.4 Å². The van der Waals surface area contributed by atoms with Gasteiger partial charge in [-0.2, -0.15) is 0 Å². The highest BCUT2D eigenvalue weighted by atomic mass is 35.5. The fourth-order valence-electron chi connectivity index (χ4n) is 1.72. The van der Waals surface area contributed by atoms with Crippen LogP contribution in [0, 0.1) is 5.92 Å². The largest absolute Gasteiger partial charge is 0.313 e. The molecule has 1 aromatic carbocycles. The maximum absolute atomic E-state index is 5.80. The Kier molecular flexibility index (Phi) is 7.74. The molecule has 1 N–H and O–H groups in total. The van der Waals surface area contributed by atoms with Gasteiger partial charge in [-0.3, -0.25) is 0 Å². The quantitative estimate of drug-likeness (QED) is 0.435. The minimum atomic E-state index is 0.545. The smallest absolute Gasteiger partial charge is 0.0238 e. The molecule has 1 nitrogen and oxygen atoms in total. The molecule has 0 aliphatic rings. The summed E-state index contributed by atoms with van der Waals surface area (Å²) in [6.45, 7) is 5.53. The molecule has 1 aromatic rings. The molecule has 0 aromatic heterocycles. The number of hydrogen-bond donors (Lipinski definition) is 1. The summed E-state index contributed by atoms with van der Waals surface area (Å²) in [6, 6.07) is 11.1. The van der Waals surface area contributed by atoms with E-state index in [2.05, 4.69) is 49.5 Å². The van der Waals surface area contributed by atoms with Crippen LogP contribution >= 0.6 is 23.4 Å². The molecule has 0 amide bonds. The summed E-state index contributed by atoms with van der Waals surface area (Å²) < 4.78 is 0. The fraction of sp³-hybridized carbons (Fsp3) is 0.571. The van der Waals surface area contributed by atoms with E-state index < -0.39 is 0 Å². The standard InChI is InChI=1S/C14H22ClNS/c1-12(2)14(8-9-15)16-10-11-17-13-6-4-3-5-7-13/h3-7,12,14,16H,8-11H2,1-2H3. The Balaban J connectivity index is 2.18. The van der Waals surface area contributed by atoms with Gasteiger partial charge in [0.2, 0.25) is 0 Å². The molecule has 17 heavy (non-hydrogen) atoms. The lowest BCUT2D eigenvalue weighted by Crippen LogP contribution is -2.35. The van der Waals surface area contributed by atoms with Crippen LogP contribution in [0.4, 0.5) is 0 Å². The van der Waals surface area contributed by atoms with Crippen LogP contribution in [0.3, 0.4) is 0 Å². The van der Waals surface area contributed by atoms with Crippen LogP contribution in [0.1, 0.15) is 20.3 Å². The van der Waals surface area contributed by atoms with E-state index in [9.17, 15) is 0 Å². The molecule has 0 saturated heterocycles. The molecule has 0 aliphatic heterocycles. The number of halogens is 1. The molecule has 1 atom stereocenters. The minimum Gasteiger partial charge on any atom is -0.313 e. The average molecular weight is 272 g/mol. The first kappa shape index (κ1) is 14.9. The highest BCUT2D eigenvalue weighted by Gasteiger charge is 2.11. The second-order valence-electron chi connectivity index (χ2n) is 4.44. The highest BCUT2D eigenvalue weighted by molar-refractivity contribution is 7.99. The molecular weight excluding hydrogens is 250 g/mol. The van der Waals surface area contributed by atoms with Gasteiger partial charge >= 0.3 is 0 Å². The van der Waals surface area contributed by atoms with Crippen molar-refractivity contribution in [2.24, 2.45) is 5.92 Å². The fourth-order valence-corrected chi connectivity index (χ4v) is 2.76. The van der Waals surface area contributed by atoms with Gasteiger partial charge in [0, 0.05) is 29.1 Å². The Morgan fingerprint density at radius 2 is 1.94 bits per heavy atom. The number of hydrogen-bond acceptors (Lipinski definition) is 2. The first-order valence-corrected chi connectivity index (χ1v) is 7.73. The second-order valence-corrected chi connectivity index (χ2v) is 5.99. The van der Waals surface area contributed by atoms with Gasteiger partial charge in [-0.25, -0.2) is 0 Å². The number of thioether (sulfide) groups is 1. The zero-order chi connectivity index (χ0) is 12.5. The van der Waals surface area contributed by atoms with Gasteiger partial charge in [0.1, 0.15) is 0 Å². The van der Waals surface area contributed by atoms with Crippen LogP contribution in [-0.4, -0.2) is 24.2 Å². The predicted octanol–water partition coefficient (Wildman–Crippen LogP) is 4.02. The van der Waals surface area contributed by atoms with Crippen LogP contribution in [0.15, 0.2) is 35.2 Å². The van der Waals surface area contributed by atoms with E-state index in [1.54, 1.807) is 0 Å². The van der Waals surface area contributed by atoms with E-state index in [0.717, 1.165) is 24.6 Å². The molecular formula is C14H22ClNS. The Labute approximate surface area is 114 Å².